The number of rotatable bonds is 2. The second kappa shape index (κ2) is 5.32. The molecular formula is C9H10ClNO2. The molecule has 0 amide bonds. The molecule has 0 radical (unpaired) electrons. The highest BCUT2D eigenvalue weighted by Crippen LogP contribution is 2.03. The van der Waals surface area contributed by atoms with Crippen LogP contribution in [0, 0.1) is 0 Å². The predicted molar refractivity (Wildman–Crippen MR) is 52.8 cm³/mol. The minimum atomic E-state index is -0.904. The van der Waals surface area contributed by atoms with Gasteiger partial charge in [0.1, 0.15) is 0 Å². The summed E-state index contributed by atoms with van der Waals surface area (Å²) in [5, 5.41) is 8.55. The van der Waals surface area contributed by atoms with Gasteiger partial charge >= 0.3 is 5.97 Å². The normalized spacial score (nSPS) is 10.4. The molecule has 0 aliphatic carbocycles. The highest BCUT2D eigenvalue weighted by molar-refractivity contribution is 5.91. The molecule has 0 fully saturated rings. The van der Waals surface area contributed by atoms with Crippen LogP contribution in [0.5, 0.6) is 0 Å². The summed E-state index contributed by atoms with van der Waals surface area (Å²) in [6.07, 6.45) is 4.84. The SMILES string of the molecule is CC(=Cc1cccnc1)C(=O)O.Cl. The topological polar surface area (TPSA) is 50.2 Å². The first-order valence-corrected chi connectivity index (χ1v) is 3.52. The Morgan fingerprint density at radius 1 is 1.62 bits per heavy atom. The predicted octanol–water partition coefficient (Wildman–Crippen LogP) is 1.99. The standard InChI is InChI=1S/C9H9NO2.ClH/c1-7(9(11)12)5-8-3-2-4-10-6-8;/h2-6H,1H3,(H,11,12);1H. The summed E-state index contributed by atoms with van der Waals surface area (Å²) in [7, 11) is 0. The second-order valence-electron chi connectivity index (χ2n) is 2.42. The van der Waals surface area contributed by atoms with Crippen LogP contribution in [0.1, 0.15) is 12.5 Å². The average Bonchev–Trinajstić information content (AvgIpc) is 2.06. The minimum absolute atomic E-state index is 0. The molecule has 1 aromatic rings. The zero-order valence-electron chi connectivity index (χ0n) is 7.10. The first-order valence-electron chi connectivity index (χ1n) is 3.52. The number of hydrogen-bond acceptors (Lipinski definition) is 2. The van der Waals surface area contributed by atoms with E-state index in [2.05, 4.69) is 4.98 Å². The maximum Gasteiger partial charge on any atom is 0.331 e. The van der Waals surface area contributed by atoms with E-state index in [9.17, 15) is 4.79 Å². The van der Waals surface area contributed by atoms with Crippen molar-refractivity contribution >= 4 is 24.5 Å². The molecule has 1 N–H and O–H groups in total. The van der Waals surface area contributed by atoms with E-state index in [1.807, 2.05) is 0 Å². The molecule has 1 heterocycles. The number of pyridine rings is 1. The average molecular weight is 200 g/mol. The van der Waals surface area contributed by atoms with Gasteiger partial charge in [0.05, 0.1) is 0 Å². The van der Waals surface area contributed by atoms with Crippen LogP contribution in [-0.4, -0.2) is 16.1 Å². The number of nitrogens with zero attached hydrogens (tertiary/aromatic N) is 1. The Kier molecular flexibility index (Phi) is 4.77. The number of carboxylic acids is 1. The van der Waals surface area contributed by atoms with E-state index in [4.69, 9.17) is 5.11 Å². The highest BCUT2D eigenvalue weighted by atomic mass is 35.5. The van der Waals surface area contributed by atoms with Gasteiger partial charge in [-0.15, -0.1) is 12.4 Å². The van der Waals surface area contributed by atoms with E-state index in [0.29, 0.717) is 5.57 Å². The second-order valence-corrected chi connectivity index (χ2v) is 2.42. The summed E-state index contributed by atoms with van der Waals surface area (Å²) < 4.78 is 0. The summed E-state index contributed by atoms with van der Waals surface area (Å²) in [6.45, 7) is 1.55. The zero-order valence-corrected chi connectivity index (χ0v) is 7.91. The number of carbonyl (C=O) groups is 1. The first-order chi connectivity index (χ1) is 5.70. The fraction of sp³-hybridized carbons (Fsp3) is 0.111. The Morgan fingerprint density at radius 3 is 2.77 bits per heavy atom. The Morgan fingerprint density at radius 2 is 2.31 bits per heavy atom. The number of halogens is 1. The Labute approximate surface area is 82.5 Å². The van der Waals surface area contributed by atoms with Crippen molar-refractivity contribution in [3.05, 3.63) is 35.7 Å². The van der Waals surface area contributed by atoms with Crippen molar-refractivity contribution in [1.82, 2.24) is 4.98 Å². The zero-order chi connectivity index (χ0) is 8.97. The van der Waals surface area contributed by atoms with Crippen LogP contribution in [0.15, 0.2) is 30.1 Å². The van der Waals surface area contributed by atoms with Crippen molar-refractivity contribution in [2.24, 2.45) is 0 Å². The van der Waals surface area contributed by atoms with Gasteiger partial charge in [0.2, 0.25) is 0 Å². The Bertz CT molecular complexity index is 309. The summed E-state index contributed by atoms with van der Waals surface area (Å²) >= 11 is 0. The molecule has 0 unspecified atom stereocenters. The van der Waals surface area contributed by atoms with Crippen LogP contribution in [0.2, 0.25) is 0 Å². The molecule has 0 saturated heterocycles. The summed E-state index contributed by atoms with van der Waals surface area (Å²) in [5.74, 6) is -0.904. The number of hydrogen-bond donors (Lipinski definition) is 1. The highest BCUT2D eigenvalue weighted by Gasteiger charge is 1.98. The molecule has 0 aromatic carbocycles. The maximum atomic E-state index is 10.4. The maximum absolute atomic E-state index is 10.4. The van der Waals surface area contributed by atoms with Crippen molar-refractivity contribution in [2.75, 3.05) is 0 Å². The lowest BCUT2D eigenvalue weighted by atomic mass is 10.2. The van der Waals surface area contributed by atoms with Crippen LogP contribution in [0.3, 0.4) is 0 Å². The molecule has 0 atom stereocenters. The molecular weight excluding hydrogens is 190 g/mol. The molecule has 0 aliphatic rings. The fourth-order valence-electron chi connectivity index (χ4n) is 0.773. The third-order valence-corrected chi connectivity index (χ3v) is 1.40. The summed E-state index contributed by atoms with van der Waals surface area (Å²) in [4.78, 5) is 14.3. The largest absolute Gasteiger partial charge is 0.478 e. The Balaban J connectivity index is 0.00000144. The van der Waals surface area contributed by atoms with Crippen LogP contribution < -0.4 is 0 Å². The third kappa shape index (κ3) is 3.71. The number of carboxylic acid groups (broad SMARTS) is 1. The van der Waals surface area contributed by atoms with E-state index >= 15 is 0 Å². The van der Waals surface area contributed by atoms with Gasteiger partial charge in [0.25, 0.3) is 0 Å². The monoisotopic (exact) mass is 199 g/mol. The van der Waals surface area contributed by atoms with Gasteiger partial charge in [-0.05, 0) is 24.6 Å². The molecule has 0 spiro atoms. The van der Waals surface area contributed by atoms with Crippen molar-refractivity contribution in [3.63, 3.8) is 0 Å². The number of aromatic nitrogens is 1. The molecule has 0 bridgehead atoms. The minimum Gasteiger partial charge on any atom is -0.478 e. The van der Waals surface area contributed by atoms with Gasteiger partial charge < -0.3 is 5.11 Å². The van der Waals surface area contributed by atoms with Crippen LogP contribution >= 0.6 is 12.4 Å². The fourth-order valence-corrected chi connectivity index (χ4v) is 0.773. The Hall–Kier alpha value is -1.35. The van der Waals surface area contributed by atoms with Gasteiger partial charge in [-0.3, -0.25) is 4.98 Å². The smallest absolute Gasteiger partial charge is 0.331 e. The number of aliphatic carboxylic acids is 1. The first kappa shape index (κ1) is 11.6. The molecule has 4 heteroatoms. The summed E-state index contributed by atoms with van der Waals surface area (Å²) in [5.41, 5.74) is 1.11. The van der Waals surface area contributed by atoms with Gasteiger partial charge in [-0.25, -0.2) is 4.79 Å². The van der Waals surface area contributed by atoms with Crippen molar-refractivity contribution in [2.45, 2.75) is 6.92 Å². The lowest BCUT2D eigenvalue weighted by Crippen LogP contribution is -1.95. The van der Waals surface area contributed by atoms with Gasteiger partial charge in [-0.2, -0.15) is 0 Å². The van der Waals surface area contributed by atoms with Gasteiger partial charge in [0.15, 0.2) is 0 Å². The van der Waals surface area contributed by atoms with Crippen molar-refractivity contribution < 1.29 is 9.90 Å². The molecule has 1 rings (SSSR count). The van der Waals surface area contributed by atoms with E-state index in [1.54, 1.807) is 37.5 Å². The van der Waals surface area contributed by atoms with Crippen molar-refractivity contribution in [3.8, 4) is 0 Å². The molecule has 70 valence electrons. The molecule has 1 aromatic heterocycles. The lowest BCUT2D eigenvalue weighted by Gasteiger charge is -1.93. The molecule has 13 heavy (non-hydrogen) atoms. The molecule has 3 nitrogen and oxygen atoms in total. The van der Waals surface area contributed by atoms with Crippen LogP contribution in [-0.2, 0) is 4.79 Å². The van der Waals surface area contributed by atoms with E-state index < -0.39 is 5.97 Å². The lowest BCUT2D eigenvalue weighted by molar-refractivity contribution is -0.132. The third-order valence-electron chi connectivity index (χ3n) is 1.40. The summed E-state index contributed by atoms with van der Waals surface area (Å²) in [6, 6.07) is 3.57. The van der Waals surface area contributed by atoms with E-state index in [1.165, 1.54) is 0 Å². The van der Waals surface area contributed by atoms with Crippen molar-refractivity contribution in [1.29, 1.82) is 0 Å². The van der Waals surface area contributed by atoms with Crippen LogP contribution in [0.4, 0.5) is 0 Å². The molecule has 0 saturated carbocycles. The van der Waals surface area contributed by atoms with Crippen LogP contribution in [0.25, 0.3) is 6.08 Å². The van der Waals surface area contributed by atoms with E-state index in [0.717, 1.165) is 5.56 Å². The molecule has 0 aliphatic heterocycles. The van der Waals surface area contributed by atoms with Gasteiger partial charge in [-0.1, -0.05) is 6.07 Å². The van der Waals surface area contributed by atoms with Gasteiger partial charge in [0, 0.05) is 18.0 Å². The van der Waals surface area contributed by atoms with E-state index in [-0.39, 0.29) is 12.4 Å². The quantitative estimate of drug-likeness (QED) is 0.742.